The van der Waals surface area contributed by atoms with Crippen LogP contribution in [0.25, 0.3) is 11.5 Å². The number of nitrogens with zero attached hydrogens (tertiary/aromatic N) is 3. The fourth-order valence-electron chi connectivity index (χ4n) is 2.33. The molecule has 0 aliphatic heterocycles. The molecule has 0 aromatic carbocycles. The van der Waals surface area contributed by atoms with Crippen LogP contribution in [-0.2, 0) is 0 Å². The highest BCUT2D eigenvalue weighted by Gasteiger charge is 2.23. The molecule has 1 saturated carbocycles. The number of thioether (sulfide) groups is 1. The van der Waals surface area contributed by atoms with E-state index < -0.39 is 0 Å². The van der Waals surface area contributed by atoms with Crippen molar-refractivity contribution in [2.75, 3.05) is 0 Å². The van der Waals surface area contributed by atoms with E-state index in [1.54, 1.807) is 18.0 Å². The van der Waals surface area contributed by atoms with Gasteiger partial charge in [-0.2, -0.15) is 4.98 Å². The second kappa shape index (κ2) is 5.10. The summed E-state index contributed by atoms with van der Waals surface area (Å²) >= 11 is 1.79. The zero-order valence-electron chi connectivity index (χ0n) is 10.3. The molecule has 2 heterocycles. The van der Waals surface area contributed by atoms with Crippen LogP contribution in [0.1, 0.15) is 26.2 Å². The number of rotatable bonds is 3. The van der Waals surface area contributed by atoms with Crippen LogP contribution < -0.4 is 0 Å². The lowest BCUT2D eigenvalue weighted by Crippen LogP contribution is -1.96. The van der Waals surface area contributed by atoms with Gasteiger partial charge in [0, 0.05) is 11.4 Å². The number of pyridine rings is 1. The lowest BCUT2D eigenvalue weighted by atomic mass is 10.1. The highest BCUT2D eigenvalue weighted by molar-refractivity contribution is 7.99. The molecule has 0 unspecified atom stereocenters. The largest absolute Gasteiger partial charge is 0.257 e. The molecular weight excluding hydrogens is 244 g/mol. The van der Waals surface area contributed by atoms with Crippen LogP contribution in [0.15, 0.2) is 29.6 Å². The summed E-state index contributed by atoms with van der Waals surface area (Å²) in [5, 5.41) is 8.75. The zero-order chi connectivity index (χ0) is 12.4. The molecule has 0 spiro atoms. The number of hydrogen-bond donors (Lipinski definition) is 1. The van der Waals surface area contributed by atoms with Gasteiger partial charge in [-0.25, -0.2) is 0 Å². The van der Waals surface area contributed by atoms with Gasteiger partial charge < -0.3 is 0 Å². The monoisotopic (exact) mass is 260 g/mol. The summed E-state index contributed by atoms with van der Waals surface area (Å²) < 4.78 is 0. The molecule has 2 aromatic rings. The molecule has 0 radical (unpaired) electrons. The van der Waals surface area contributed by atoms with E-state index in [-0.39, 0.29) is 0 Å². The Bertz CT molecular complexity index is 511. The third kappa shape index (κ3) is 2.56. The van der Waals surface area contributed by atoms with E-state index in [0.29, 0.717) is 5.25 Å². The molecule has 0 bridgehead atoms. The van der Waals surface area contributed by atoms with E-state index in [2.05, 4.69) is 27.1 Å². The highest BCUT2D eigenvalue weighted by Crippen LogP contribution is 2.36. The van der Waals surface area contributed by atoms with Gasteiger partial charge in [0.1, 0.15) is 5.69 Å². The summed E-state index contributed by atoms with van der Waals surface area (Å²) in [7, 11) is 0. The second-order valence-electron chi connectivity index (χ2n) is 4.84. The SMILES string of the molecule is C[C@H]1CC[C@@H](Sc2n[nH]c(-c3ccccn3)n2)C1. The number of aromatic nitrogens is 4. The molecule has 1 N–H and O–H groups in total. The van der Waals surface area contributed by atoms with E-state index in [1.807, 2.05) is 18.2 Å². The summed E-state index contributed by atoms with van der Waals surface area (Å²) in [6.07, 6.45) is 5.65. The Morgan fingerprint density at radius 2 is 2.28 bits per heavy atom. The number of aromatic amines is 1. The molecule has 94 valence electrons. The molecule has 3 rings (SSSR count). The van der Waals surface area contributed by atoms with Crippen molar-refractivity contribution in [2.24, 2.45) is 5.92 Å². The van der Waals surface area contributed by atoms with Crippen LogP contribution in [0.5, 0.6) is 0 Å². The van der Waals surface area contributed by atoms with Gasteiger partial charge in [-0.15, -0.1) is 5.10 Å². The molecule has 18 heavy (non-hydrogen) atoms. The van der Waals surface area contributed by atoms with Gasteiger partial charge in [0.2, 0.25) is 5.16 Å². The first kappa shape index (κ1) is 11.7. The summed E-state index contributed by atoms with van der Waals surface area (Å²) in [5.74, 6) is 1.60. The Balaban J connectivity index is 1.70. The Morgan fingerprint density at radius 1 is 1.33 bits per heavy atom. The minimum atomic E-state index is 0.674. The summed E-state index contributed by atoms with van der Waals surface area (Å²) in [5.41, 5.74) is 0.844. The van der Waals surface area contributed by atoms with Gasteiger partial charge >= 0.3 is 0 Å². The fraction of sp³-hybridized carbons (Fsp3) is 0.462. The van der Waals surface area contributed by atoms with Gasteiger partial charge in [-0.1, -0.05) is 24.8 Å². The van der Waals surface area contributed by atoms with Crippen molar-refractivity contribution < 1.29 is 0 Å². The standard InChI is InChI=1S/C13H16N4S/c1-9-5-6-10(8-9)18-13-15-12(16-17-13)11-4-2-3-7-14-11/h2-4,7,9-10H,5-6,8H2,1H3,(H,15,16,17)/t9-,10+/m0/s1. The maximum atomic E-state index is 4.50. The zero-order valence-corrected chi connectivity index (χ0v) is 11.2. The average Bonchev–Trinajstić information content (AvgIpc) is 3.01. The van der Waals surface area contributed by atoms with Gasteiger partial charge in [0.15, 0.2) is 5.82 Å². The predicted octanol–water partition coefficient (Wildman–Crippen LogP) is 3.15. The third-order valence-corrected chi connectivity index (χ3v) is 4.45. The molecule has 0 amide bonds. The quantitative estimate of drug-likeness (QED) is 0.921. The maximum Gasteiger partial charge on any atom is 0.209 e. The number of H-pyrrole nitrogens is 1. The van der Waals surface area contributed by atoms with E-state index in [9.17, 15) is 0 Å². The van der Waals surface area contributed by atoms with Gasteiger partial charge in [-0.05, 0) is 37.3 Å². The van der Waals surface area contributed by atoms with Crippen LogP contribution >= 0.6 is 11.8 Å². The smallest absolute Gasteiger partial charge is 0.209 e. The normalized spacial score (nSPS) is 23.4. The molecule has 2 atom stereocenters. The summed E-state index contributed by atoms with van der Waals surface area (Å²) in [4.78, 5) is 8.77. The fourth-order valence-corrected chi connectivity index (χ4v) is 3.55. The molecule has 1 aliphatic carbocycles. The number of nitrogens with one attached hydrogen (secondary N) is 1. The van der Waals surface area contributed by atoms with Crippen molar-refractivity contribution >= 4 is 11.8 Å². The van der Waals surface area contributed by atoms with Crippen molar-refractivity contribution in [1.82, 2.24) is 20.2 Å². The van der Waals surface area contributed by atoms with Crippen molar-refractivity contribution in [3.8, 4) is 11.5 Å². The summed E-state index contributed by atoms with van der Waals surface area (Å²) in [6.45, 7) is 2.32. The molecule has 1 aliphatic rings. The molecule has 1 fully saturated rings. The lowest BCUT2D eigenvalue weighted by molar-refractivity contribution is 0.613. The van der Waals surface area contributed by atoms with Crippen molar-refractivity contribution in [1.29, 1.82) is 0 Å². The average molecular weight is 260 g/mol. The van der Waals surface area contributed by atoms with Crippen LogP contribution in [0, 0.1) is 5.92 Å². The van der Waals surface area contributed by atoms with Crippen LogP contribution in [0.4, 0.5) is 0 Å². The highest BCUT2D eigenvalue weighted by atomic mass is 32.2. The topological polar surface area (TPSA) is 54.5 Å². The first-order valence-electron chi connectivity index (χ1n) is 6.32. The molecule has 0 saturated heterocycles. The minimum absolute atomic E-state index is 0.674. The van der Waals surface area contributed by atoms with Crippen molar-refractivity contribution in [3.05, 3.63) is 24.4 Å². The Labute approximate surface area is 111 Å². The van der Waals surface area contributed by atoms with Gasteiger partial charge in [-0.3, -0.25) is 10.1 Å². The molecule has 2 aromatic heterocycles. The number of hydrogen-bond acceptors (Lipinski definition) is 4. The predicted molar refractivity (Wildman–Crippen MR) is 72.3 cm³/mol. The molecule has 4 nitrogen and oxygen atoms in total. The van der Waals surface area contributed by atoms with Crippen molar-refractivity contribution in [3.63, 3.8) is 0 Å². The Kier molecular flexibility index (Phi) is 3.32. The van der Waals surface area contributed by atoms with Crippen LogP contribution in [0.2, 0.25) is 0 Å². The lowest BCUT2D eigenvalue weighted by Gasteiger charge is -2.04. The molecule has 5 heteroatoms. The first-order chi connectivity index (χ1) is 8.81. The first-order valence-corrected chi connectivity index (χ1v) is 7.19. The van der Waals surface area contributed by atoms with E-state index in [0.717, 1.165) is 22.6 Å². The second-order valence-corrected chi connectivity index (χ2v) is 6.11. The maximum absolute atomic E-state index is 4.50. The Morgan fingerprint density at radius 3 is 3.00 bits per heavy atom. The van der Waals surface area contributed by atoms with E-state index in [4.69, 9.17) is 0 Å². The minimum Gasteiger partial charge on any atom is -0.257 e. The van der Waals surface area contributed by atoms with Crippen molar-refractivity contribution in [2.45, 2.75) is 36.6 Å². The third-order valence-electron chi connectivity index (χ3n) is 3.29. The van der Waals surface area contributed by atoms with E-state index >= 15 is 0 Å². The summed E-state index contributed by atoms with van der Waals surface area (Å²) in [6, 6.07) is 5.79. The van der Waals surface area contributed by atoms with Crippen LogP contribution in [-0.4, -0.2) is 25.4 Å². The van der Waals surface area contributed by atoms with Crippen LogP contribution in [0.3, 0.4) is 0 Å². The Hall–Kier alpha value is -1.36. The van der Waals surface area contributed by atoms with E-state index in [1.165, 1.54) is 19.3 Å². The van der Waals surface area contributed by atoms with Gasteiger partial charge in [0.05, 0.1) is 0 Å². The van der Waals surface area contributed by atoms with Gasteiger partial charge in [0.25, 0.3) is 0 Å². The molecular formula is C13H16N4S.